The van der Waals surface area contributed by atoms with E-state index in [4.69, 9.17) is 4.74 Å². The second kappa shape index (κ2) is 6.30. The molecule has 0 saturated carbocycles. The Labute approximate surface area is 97.8 Å². The average molecular weight is 237 g/mol. The van der Waals surface area contributed by atoms with E-state index in [1.807, 2.05) is 14.0 Å². The van der Waals surface area contributed by atoms with E-state index in [1.165, 1.54) is 0 Å². The highest BCUT2D eigenvalue weighted by atomic mass is 35.5. The van der Waals surface area contributed by atoms with Crippen molar-refractivity contribution >= 4 is 18.3 Å². The van der Waals surface area contributed by atoms with Crippen molar-refractivity contribution in [2.75, 3.05) is 40.4 Å². The van der Waals surface area contributed by atoms with Gasteiger partial charge >= 0.3 is 0 Å². The van der Waals surface area contributed by atoms with Gasteiger partial charge in [-0.05, 0) is 19.9 Å². The highest BCUT2D eigenvalue weighted by molar-refractivity contribution is 5.85. The Morgan fingerprint density at radius 2 is 2.27 bits per heavy atom. The molecule has 0 spiro atoms. The Bertz CT molecular complexity index is 206. The highest BCUT2D eigenvalue weighted by Crippen LogP contribution is 2.26. The van der Waals surface area contributed by atoms with Crippen LogP contribution in [0.25, 0.3) is 0 Å². The Hall–Kier alpha value is -0.320. The van der Waals surface area contributed by atoms with Gasteiger partial charge in [0.25, 0.3) is 0 Å². The third-order valence-electron chi connectivity index (χ3n) is 2.86. The summed E-state index contributed by atoms with van der Waals surface area (Å²) in [6.07, 6.45) is 0.934. The van der Waals surface area contributed by atoms with Crippen LogP contribution in [0, 0.1) is 5.41 Å². The van der Waals surface area contributed by atoms with E-state index in [9.17, 15) is 4.79 Å². The summed E-state index contributed by atoms with van der Waals surface area (Å²) in [5, 5.41) is 3.23. The van der Waals surface area contributed by atoms with Crippen molar-refractivity contribution in [3.63, 3.8) is 0 Å². The van der Waals surface area contributed by atoms with Crippen molar-refractivity contribution in [1.82, 2.24) is 10.2 Å². The molecule has 1 aliphatic rings. The molecular formula is C10H21ClN2O2. The molecule has 1 rings (SSSR count). The van der Waals surface area contributed by atoms with Crippen LogP contribution in [0.5, 0.6) is 0 Å². The van der Waals surface area contributed by atoms with Gasteiger partial charge in [0, 0.05) is 27.2 Å². The van der Waals surface area contributed by atoms with E-state index in [-0.39, 0.29) is 23.7 Å². The standard InChI is InChI=1S/C10H20N2O2.ClH/c1-10(4-5-11-8-10)9(13)12(2)6-7-14-3;/h11H,4-8H2,1-3H3;1H. The van der Waals surface area contributed by atoms with E-state index in [0.29, 0.717) is 13.2 Å². The number of carbonyl (C=O) groups is 1. The molecule has 1 N–H and O–H groups in total. The minimum absolute atomic E-state index is 0. The number of hydrogen-bond donors (Lipinski definition) is 1. The zero-order valence-electron chi connectivity index (χ0n) is 9.71. The number of nitrogens with zero attached hydrogens (tertiary/aromatic N) is 1. The molecule has 1 amide bonds. The van der Waals surface area contributed by atoms with Gasteiger partial charge in [0.05, 0.1) is 12.0 Å². The molecular weight excluding hydrogens is 216 g/mol. The van der Waals surface area contributed by atoms with Crippen LogP contribution >= 0.6 is 12.4 Å². The van der Waals surface area contributed by atoms with E-state index in [1.54, 1.807) is 12.0 Å². The van der Waals surface area contributed by atoms with Crippen molar-refractivity contribution in [1.29, 1.82) is 0 Å². The lowest BCUT2D eigenvalue weighted by Crippen LogP contribution is -2.42. The van der Waals surface area contributed by atoms with Crippen molar-refractivity contribution in [2.24, 2.45) is 5.41 Å². The maximum Gasteiger partial charge on any atom is 0.229 e. The van der Waals surface area contributed by atoms with Crippen LogP contribution < -0.4 is 5.32 Å². The lowest BCUT2D eigenvalue weighted by atomic mass is 9.88. The monoisotopic (exact) mass is 236 g/mol. The summed E-state index contributed by atoms with van der Waals surface area (Å²) in [7, 11) is 3.49. The van der Waals surface area contributed by atoms with E-state index in [0.717, 1.165) is 19.5 Å². The second-order valence-corrected chi connectivity index (χ2v) is 4.21. The van der Waals surface area contributed by atoms with Gasteiger partial charge in [-0.15, -0.1) is 12.4 Å². The van der Waals surface area contributed by atoms with Crippen LogP contribution in [0.4, 0.5) is 0 Å². The number of nitrogens with one attached hydrogen (secondary N) is 1. The predicted molar refractivity (Wildman–Crippen MR) is 62.4 cm³/mol. The molecule has 1 heterocycles. The average Bonchev–Trinajstić information content (AvgIpc) is 2.61. The number of ether oxygens (including phenoxy) is 1. The van der Waals surface area contributed by atoms with Crippen LogP contribution in [0.1, 0.15) is 13.3 Å². The SMILES string of the molecule is COCCN(C)C(=O)C1(C)CCNC1.Cl. The number of halogens is 1. The quantitative estimate of drug-likeness (QED) is 0.774. The van der Waals surface area contributed by atoms with Crippen molar-refractivity contribution < 1.29 is 9.53 Å². The highest BCUT2D eigenvalue weighted by Gasteiger charge is 2.37. The van der Waals surface area contributed by atoms with E-state index in [2.05, 4.69) is 5.32 Å². The van der Waals surface area contributed by atoms with E-state index < -0.39 is 0 Å². The number of likely N-dealkylation sites (N-methyl/N-ethyl adjacent to an activating group) is 1. The number of hydrogen-bond acceptors (Lipinski definition) is 3. The minimum Gasteiger partial charge on any atom is -0.383 e. The van der Waals surface area contributed by atoms with Gasteiger partial charge in [0.2, 0.25) is 5.91 Å². The lowest BCUT2D eigenvalue weighted by Gasteiger charge is -2.28. The first-order valence-corrected chi connectivity index (χ1v) is 5.05. The first-order chi connectivity index (χ1) is 6.60. The van der Waals surface area contributed by atoms with Gasteiger partial charge in [0.15, 0.2) is 0 Å². The first kappa shape index (κ1) is 14.7. The van der Waals surface area contributed by atoms with Crippen LogP contribution in [-0.2, 0) is 9.53 Å². The molecule has 4 nitrogen and oxygen atoms in total. The molecule has 90 valence electrons. The molecule has 0 bridgehead atoms. The van der Waals surface area contributed by atoms with Crippen molar-refractivity contribution in [3.8, 4) is 0 Å². The largest absolute Gasteiger partial charge is 0.383 e. The topological polar surface area (TPSA) is 41.6 Å². The smallest absolute Gasteiger partial charge is 0.229 e. The Kier molecular flexibility index (Phi) is 6.17. The van der Waals surface area contributed by atoms with Gasteiger partial charge < -0.3 is 15.0 Å². The number of amides is 1. The fourth-order valence-electron chi connectivity index (χ4n) is 1.79. The molecule has 0 aliphatic carbocycles. The van der Waals surface area contributed by atoms with E-state index >= 15 is 0 Å². The third-order valence-corrected chi connectivity index (χ3v) is 2.86. The Morgan fingerprint density at radius 1 is 1.60 bits per heavy atom. The molecule has 0 aromatic rings. The van der Waals surface area contributed by atoms with Crippen molar-refractivity contribution in [3.05, 3.63) is 0 Å². The normalized spacial score (nSPS) is 24.7. The summed E-state index contributed by atoms with van der Waals surface area (Å²) in [6, 6.07) is 0. The molecule has 1 saturated heterocycles. The van der Waals surface area contributed by atoms with Gasteiger partial charge in [0.1, 0.15) is 0 Å². The summed E-state index contributed by atoms with van der Waals surface area (Å²) >= 11 is 0. The van der Waals surface area contributed by atoms with Crippen LogP contribution in [0.15, 0.2) is 0 Å². The summed E-state index contributed by atoms with van der Waals surface area (Å²) in [4.78, 5) is 13.8. The maximum atomic E-state index is 12.0. The predicted octanol–water partition coefficient (Wildman–Crippen LogP) is 0.513. The number of carbonyl (C=O) groups excluding carboxylic acids is 1. The van der Waals surface area contributed by atoms with Crippen LogP contribution in [-0.4, -0.2) is 51.2 Å². The molecule has 0 aromatic heterocycles. The molecule has 0 aromatic carbocycles. The summed E-state index contributed by atoms with van der Waals surface area (Å²) < 4.78 is 4.95. The fourth-order valence-corrected chi connectivity index (χ4v) is 1.79. The van der Waals surface area contributed by atoms with Gasteiger partial charge in [-0.1, -0.05) is 0 Å². The Morgan fingerprint density at radius 3 is 2.73 bits per heavy atom. The van der Waals surface area contributed by atoms with Gasteiger partial charge in [-0.3, -0.25) is 4.79 Å². The maximum absolute atomic E-state index is 12.0. The molecule has 0 radical (unpaired) electrons. The first-order valence-electron chi connectivity index (χ1n) is 5.05. The van der Waals surface area contributed by atoms with Crippen LogP contribution in [0.3, 0.4) is 0 Å². The molecule has 1 fully saturated rings. The Balaban J connectivity index is 0.00000196. The van der Waals surface area contributed by atoms with Crippen LogP contribution in [0.2, 0.25) is 0 Å². The zero-order chi connectivity index (χ0) is 10.6. The van der Waals surface area contributed by atoms with Crippen molar-refractivity contribution in [2.45, 2.75) is 13.3 Å². The molecule has 1 unspecified atom stereocenters. The second-order valence-electron chi connectivity index (χ2n) is 4.21. The molecule has 1 aliphatic heterocycles. The summed E-state index contributed by atoms with van der Waals surface area (Å²) in [6.45, 7) is 5.04. The summed E-state index contributed by atoms with van der Waals surface area (Å²) in [5.74, 6) is 0.222. The summed E-state index contributed by atoms with van der Waals surface area (Å²) in [5.41, 5.74) is -0.206. The number of methoxy groups -OCH3 is 1. The zero-order valence-corrected chi connectivity index (χ0v) is 10.5. The molecule has 5 heteroatoms. The lowest BCUT2D eigenvalue weighted by molar-refractivity contribution is -0.139. The molecule has 1 atom stereocenters. The third kappa shape index (κ3) is 3.63. The fraction of sp³-hybridized carbons (Fsp3) is 0.900. The minimum atomic E-state index is -0.206. The van der Waals surface area contributed by atoms with Gasteiger partial charge in [-0.2, -0.15) is 0 Å². The van der Waals surface area contributed by atoms with Gasteiger partial charge in [-0.25, -0.2) is 0 Å². The number of rotatable bonds is 4. The molecule has 15 heavy (non-hydrogen) atoms.